The molecule has 10 heavy (non-hydrogen) atoms. The van der Waals surface area contributed by atoms with E-state index < -0.39 is 0 Å². The van der Waals surface area contributed by atoms with Gasteiger partial charge in [-0.05, 0) is 0 Å². The summed E-state index contributed by atoms with van der Waals surface area (Å²) in [4.78, 5) is 2.99. The molecule has 1 aromatic carbocycles. The number of rotatable bonds is 0. The van der Waals surface area contributed by atoms with Gasteiger partial charge in [-0.2, -0.15) is 11.5 Å². The predicted molar refractivity (Wildman–Crippen MR) is 37.1 cm³/mol. The van der Waals surface area contributed by atoms with Crippen molar-refractivity contribution in [1.82, 2.24) is 4.98 Å². The molecule has 1 heterocycles. The minimum absolute atomic E-state index is 0. The van der Waals surface area contributed by atoms with Crippen LogP contribution < -0.4 is 0 Å². The molecule has 0 aliphatic heterocycles. The van der Waals surface area contributed by atoms with Gasteiger partial charge in [-0.1, -0.05) is 12.1 Å². The van der Waals surface area contributed by atoms with Crippen molar-refractivity contribution < 1.29 is 21.7 Å². The third kappa shape index (κ3) is 1.15. The SMILES string of the molecule is [Ti+4].[c-]1cc2ccccc2[nH]1. The second-order valence-corrected chi connectivity index (χ2v) is 2.00. The van der Waals surface area contributed by atoms with E-state index in [2.05, 4.69) is 17.2 Å². The molecular formula is C8H6NTi+3. The molecule has 0 amide bonds. The molecule has 1 nitrogen and oxygen atoms in total. The molecule has 0 unspecified atom stereocenters. The summed E-state index contributed by atoms with van der Waals surface area (Å²) in [5, 5.41) is 1.22. The maximum atomic E-state index is 2.99. The minimum Gasteiger partial charge on any atom is -0.477 e. The van der Waals surface area contributed by atoms with Crippen LogP contribution in [0.15, 0.2) is 30.3 Å². The molecule has 2 aromatic rings. The van der Waals surface area contributed by atoms with Crippen LogP contribution in [0.2, 0.25) is 0 Å². The van der Waals surface area contributed by atoms with Gasteiger partial charge in [0.05, 0.1) is 0 Å². The van der Waals surface area contributed by atoms with Crippen molar-refractivity contribution in [3.8, 4) is 0 Å². The predicted octanol–water partition coefficient (Wildman–Crippen LogP) is 1.97. The Morgan fingerprint density at radius 1 is 1.20 bits per heavy atom. The van der Waals surface area contributed by atoms with Gasteiger partial charge in [0.1, 0.15) is 0 Å². The van der Waals surface area contributed by atoms with Crippen LogP contribution in [0.5, 0.6) is 0 Å². The summed E-state index contributed by atoms with van der Waals surface area (Å²) in [7, 11) is 0. The Morgan fingerprint density at radius 2 is 2.00 bits per heavy atom. The second-order valence-electron chi connectivity index (χ2n) is 2.00. The zero-order valence-corrected chi connectivity index (χ0v) is 6.95. The van der Waals surface area contributed by atoms with Crippen molar-refractivity contribution in [2.24, 2.45) is 0 Å². The molecule has 0 atom stereocenters. The number of para-hydroxylation sites is 1. The fourth-order valence-electron chi connectivity index (χ4n) is 0.928. The molecule has 0 fully saturated rings. The molecule has 0 radical (unpaired) electrons. The fraction of sp³-hybridized carbons (Fsp3) is 0. The summed E-state index contributed by atoms with van der Waals surface area (Å²) < 4.78 is 0. The van der Waals surface area contributed by atoms with Crippen LogP contribution >= 0.6 is 0 Å². The molecule has 2 rings (SSSR count). The molecule has 0 bridgehead atoms. The number of nitrogens with one attached hydrogen (secondary N) is 1. The van der Waals surface area contributed by atoms with E-state index in [-0.39, 0.29) is 21.7 Å². The summed E-state index contributed by atoms with van der Waals surface area (Å²) >= 11 is 0. The van der Waals surface area contributed by atoms with Gasteiger partial charge in [-0.25, -0.2) is 0 Å². The first-order valence-electron chi connectivity index (χ1n) is 2.90. The van der Waals surface area contributed by atoms with Crippen LogP contribution in [0.25, 0.3) is 10.9 Å². The fourth-order valence-corrected chi connectivity index (χ4v) is 0.928. The molecular weight excluding hydrogens is 158 g/mol. The molecule has 0 saturated heterocycles. The topological polar surface area (TPSA) is 15.8 Å². The standard InChI is InChI=1S/C8H6N.Ti/c1-2-4-8-7(3-1)5-6-9-8;/h1-5,9H;/q-1;+4. The zero-order valence-electron chi connectivity index (χ0n) is 5.39. The van der Waals surface area contributed by atoms with Crippen molar-refractivity contribution in [1.29, 1.82) is 0 Å². The van der Waals surface area contributed by atoms with E-state index in [9.17, 15) is 0 Å². The number of hydrogen-bond donors (Lipinski definition) is 1. The molecule has 0 spiro atoms. The van der Waals surface area contributed by atoms with Crippen LogP contribution in [-0.2, 0) is 21.7 Å². The Bertz CT molecular complexity index is 283. The van der Waals surface area contributed by atoms with Crippen molar-refractivity contribution in [3.05, 3.63) is 36.5 Å². The molecule has 1 N–H and O–H groups in total. The van der Waals surface area contributed by atoms with E-state index in [1.54, 1.807) is 0 Å². The van der Waals surface area contributed by atoms with Gasteiger partial charge in [0.15, 0.2) is 0 Å². The van der Waals surface area contributed by atoms with Crippen LogP contribution in [0.1, 0.15) is 0 Å². The summed E-state index contributed by atoms with van der Waals surface area (Å²) in [6.07, 6.45) is 2.91. The first kappa shape index (κ1) is 7.58. The Morgan fingerprint density at radius 3 is 2.80 bits per heavy atom. The molecule has 0 saturated carbocycles. The largest absolute Gasteiger partial charge is 4.00 e. The van der Waals surface area contributed by atoms with Crippen LogP contribution in [-0.4, -0.2) is 4.98 Å². The van der Waals surface area contributed by atoms with E-state index >= 15 is 0 Å². The average Bonchev–Trinajstić information content (AvgIpc) is 2.33. The number of H-pyrrole nitrogens is 1. The van der Waals surface area contributed by atoms with Gasteiger partial charge >= 0.3 is 21.7 Å². The van der Waals surface area contributed by atoms with E-state index in [0.717, 1.165) is 5.52 Å². The van der Waals surface area contributed by atoms with Crippen molar-refractivity contribution in [3.63, 3.8) is 0 Å². The molecule has 0 aliphatic rings. The smallest absolute Gasteiger partial charge is 0.477 e. The minimum atomic E-state index is 0. The summed E-state index contributed by atoms with van der Waals surface area (Å²) in [5.41, 5.74) is 1.15. The summed E-state index contributed by atoms with van der Waals surface area (Å²) in [6, 6.07) is 10.1. The number of hydrogen-bond acceptors (Lipinski definition) is 0. The van der Waals surface area contributed by atoms with E-state index in [0.29, 0.717) is 0 Å². The molecule has 1 aromatic heterocycles. The van der Waals surface area contributed by atoms with Gasteiger partial charge in [0, 0.05) is 0 Å². The normalized spacial score (nSPS) is 9.20. The second kappa shape index (κ2) is 3.04. The van der Waals surface area contributed by atoms with Crippen molar-refractivity contribution in [2.75, 3.05) is 0 Å². The monoisotopic (exact) mass is 164 g/mol. The maximum absolute atomic E-state index is 2.99. The van der Waals surface area contributed by atoms with E-state index in [4.69, 9.17) is 0 Å². The maximum Gasteiger partial charge on any atom is 4.00 e. The number of aromatic nitrogens is 1. The van der Waals surface area contributed by atoms with Gasteiger partial charge in [0.2, 0.25) is 0 Å². The Kier molecular flexibility index (Phi) is 2.31. The first-order chi connectivity index (χ1) is 4.47. The van der Waals surface area contributed by atoms with Crippen molar-refractivity contribution >= 4 is 10.9 Å². The Balaban J connectivity index is 0.000000500. The summed E-state index contributed by atoms with van der Waals surface area (Å²) in [6.45, 7) is 0. The van der Waals surface area contributed by atoms with Gasteiger partial charge < -0.3 is 4.98 Å². The third-order valence-corrected chi connectivity index (χ3v) is 1.40. The van der Waals surface area contributed by atoms with Gasteiger partial charge in [-0.15, -0.1) is 23.8 Å². The number of aromatic amines is 1. The third-order valence-electron chi connectivity index (χ3n) is 1.40. The van der Waals surface area contributed by atoms with Gasteiger partial charge in [-0.3, -0.25) is 0 Å². The average molecular weight is 164 g/mol. The van der Waals surface area contributed by atoms with Gasteiger partial charge in [0.25, 0.3) is 0 Å². The molecule has 2 heteroatoms. The number of fused-ring (bicyclic) bond motifs is 1. The zero-order chi connectivity index (χ0) is 6.10. The molecule has 44 valence electrons. The Labute approximate surface area is 74.3 Å². The molecule has 0 aliphatic carbocycles. The quantitative estimate of drug-likeness (QED) is 0.452. The first-order valence-corrected chi connectivity index (χ1v) is 2.90. The van der Waals surface area contributed by atoms with E-state index in [1.807, 2.05) is 24.3 Å². The van der Waals surface area contributed by atoms with E-state index in [1.165, 1.54) is 5.39 Å². The number of benzene rings is 1. The summed E-state index contributed by atoms with van der Waals surface area (Å²) in [5.74, 6) is 0. The van der Waals surface area contributed by atoms with Crippen LogP contribution in [0.4, 0.5) is 0 Å². The van der Waals surface area contributed by atoms with Crippen molar-refractivity contribution in [2.45, 2.75) is 0 Å². The Hall–Kier alpha value is -0.526. The van der Waals surface area contributed by atoms with Crippen LogP contribution in [0.3, 0.4) is 0 Å². The van der Waals surface area contributed by atoms with Crippen LogP contribution in [0, 0.1) is 6.20 Å².